The fourth-order valence-corrected chi connectivity index (χ4v) is 1.16. The summed E-state index contributed by atoms with van der Waals surface area (Å²) in [5.41, 5.74) is 0.436. The number of ketones is 1. The van der Waals surface area contributed by atoms with Gasteiger partial charge in [-0.05, 0) is 19.1 Å². The summed E-state index contributed by atoms with van der Waals surface area (Å²) in [6.45, 7) is 1.39. The van der Waals surface area contributed by atoms with Crippen LogP contribution < -0.4 is 0 Å². The maximum absolute atomic E-state index is 10.9. The normalized spacial score (nSPS) is 9.69. The molecule has 68 valence electrons. The summed E-state index contributed by atoms with van der Waals surface area (Å²) in [5.74, 6) is -1.23. The van der Waals surface area contributed by atoms with Crippen LogP contribution in [-0.4, -0.2) is 16.9 Å². The standard InChI is InChI=1S/C9H8O3S/c1-5(10)6-2-3-8(13)7(4-6)9(11)12/h2-4,13H,1H3,(H,11,12). The van der Waals surface area contributed by atoms with Gasteiger partial charge in [0.05, 0.1) is 5.56 Å². The van der Waals surface area contributed by atoms with E-state index in [1.54, 1.807) is 6.07 Å². The van der Waals surface area contributed by atoms with Crippen LogP contribution in [0.25, 0.3) is 0 Å². The van der Waals surface area contributed by atoms with E-state index >= 15 is 0 Å². The predicted molar refractivity (Wildman–Crippen MR) is 50.7 cm³/mol. The molecule has 1 aromatic rings. The molecule has 0 unspecified atom stereocenters. The van der Waals surface area contributed by atoms with Gasteiger partial charge < -0.3 is 5.11 Å². The third-order valence-corrected chi connectivity index (χ3v) is 2.02. The van der Waals surface area contributed by atoms with E-state index in [0.717, 1.165) is 0 Å². The fourth-order valence-electron chi connectivity index (χ4n) is 0.926. The Hall–Kier alpha value is -1.29. The SMILES string of the molecule is CC(=O)c1ccc(S)c(C(=O)O)c1. The molecule has 0 aliphatic carbocycles. The first-order valence-electron chi connectivity index (χ1n) is 3.59. The molecule has 0 radical (unpaired) electrons. The van der Waals surface area contributed by atoms with E-state index in [1.807, 2.05) is 0 Å². The average Bonchev–Trinajstić information content (AvgIpc) is 2.04. The molecule has 0 atom stereocenters. The van der Waals surface area contributed by atoms with Gasteiger partial charge in [-0.2, -0.15) is 0 Å². The molecule has 0 amide bonds. The highest BCUT2D eigenvalue weighted by Crippen LogP contribution is 2.16. The molecule has 0 bridgehead atoms. The summed E-state index contributed by atoms with van der Waals surface area (Å²) in [4.78, 5) is 21.9. The zero-order valence-corrected chi connectivity index (χ0v) is 7.84. The van der Waals surface area contributed by atoms with Crippen LogP contribution in [0.5, 0.6) is 0 Å². The van der Waals surface area contributed by atoms with Gasteiger partial charge in [-0.25, -0.2) is 4.79 Å². The van der Waals surface area contributed by atoms with Crippen LogP contribution in [0.15, 0.2) is 23.1 Å². The summed E-state index contributed by atoms with van der Waals surface area (Å²) in [6.07, 6.45) is 0. The summed E-state index contributed by atoms with van der Waals surface area (Å²) < 4.78 is 0. The molecule has 1 rings (SSSR count). The quantitative estimate of drug-likeness (QED) is 0.561. The van der Waals surface area contributed by atoms with Crippen molar-refractivity contribution in [2.24, 2.45) is 0 Å². The first-order valence-corrected chi connectivity index (χ1v) is 4.04. The number of carbonyl (C=O) groups is 2. The Bertz CT molecular complexity index is 371. The molecule has 13 heavy (non-hydrogen) atoms. The molecule has 4 heteroatoms. The molecule has 0 saturated carbocycles. The number of rotatable bonds is 2. The lowest BCUT2D eigenvalue weighted by Gasteiger charge is -2.01. The van der Waals surface area contributed by atoms with Crippen LogP contribution >= 0.6 is 12.6 Å². The highest BCUT2D eigenvalue weighted by atomic mass is 32.1. The molecule has 1 aromatic carbocycles. The Kier molecular flexibility index (Phi) is 2.72. The van der Waals surface area contributed by atoms with Crippen LogP contribution in [-0.2, 0) is 0 Å². The maximum atomic E-state index is 10.9. The first-order chi connectivity index (χ1) is 6.02. The molecular formula is C9H8O3S. The van der Waals surface area contributed by atoms with Crippen molar-refractivity contribution in [2.45, 2.75) is 11.8 Å². The topological polar surface area (TPSA) is 54.4 Å². The van der Waals surface area contributed by atoms with E-state index in [1.165, 1.54) is 19.1 Å². The van der Waals surface area contributed by atoms with E-state index in [2.05, 4.69) is 12.6 Å². The number of benzene rings is 1. The van der Waals surface area contributed by atoms with Crippen molar-refractivity contribution in [3.63, 3.8) is 0 Å². The van der Waals surface area contributed by atoms with Crippen molar-refractivity contribution in [1.29, 1.82) is 0 Å². The van der Waals surface area contributed by atoms with Gasteiger partial charge in [-0.15, -0.1) is 12.6 Å². The summed E-state index contributed by atoms with van der Waals surface area (Å²) in [7, 11) is 0. The van der Waals surface area contributed by atoms with Crippen LogP contribution in [0, 0.1) is 0 Å². The maximum Gasteiger partial charge on any atom is 0.336 e. The molecule has 0 spiro atoms. The van der Waals surface area contributed by atoms with E-state index in [-0.39, 0.29) is 11.3 Å². The Morgan fingerprint density at radius 3 is 2.46 bits per heavy atom. The molecule has 0 aromatic heterocycles. The van der Waals surface area contributed by atoms with Crippen LogP contribution in [0.1, 0.15) is 27.6 Å². The zero-order chi connectivity index (χ0) is 10.0. The molecule has 0 saturated heterocycles. The van der Waals surface area contributed by atoms with Crippen molar-refractivity contribution in [1.82, 2.24) is 0 Å². The lowest BCUT2D eigenvalue weighted by molar-refractivity contribution is 0.0693. The van der Waals surface area contributed by atoms with Gasteiger partial charge in [-0.1, -0.05) is 6.07 Å². The van der Waals surface area contributed by atoms with Gasteiger partial charge in [0.15, 0.2) is 5.78 Å². The summed E-state index contributed by atoms with van der Waals surface area (Å²) >= 11 is 3.96. The Balaban J connectivity index is 3.27. The monoisotopic (exact) mass is 196 g/mol. The molecule has 0 aliphatic rings. The number of hydrogen-bond acceptors (Lipinski definition) is 3. The Morgan fingerprint density at radius 2 is 2.00 bits per heavy atom. The largest absolute Gasteiger partial charge is 0.478 e. The van der Waals surface area contributed by atoms with Gasteiger partial charge in [-0.3, -0.25) is 4.79 Å². The Morgan fingerprint density at radius 1 is 1.38 bits per heavy atom. The molecule has 1 N–H and O–H groups in total. The van der Waals surface area contributed by atoms with Crippen LogP contribution in [0.2, 0.25) is 0 Å². The number of Topliss-reactive ketones (excluding diaryl/α,β-unsaturated/α-hetero) is 1. The predicted octanol–water partition coefficient (Wildman–Crippen LogP) is 1.88. The highest BCUT2D eigenvalue weighted by molar-refractivity contribution is 7.80. The minimum Gasteiger partial charge on any atom is -0.478 e. The van der Waals surface area contributed by atoms with Crippen LogP contribution in [0.3, 0.4) is 0 Å². The molecule has 3 nitrogen and oxygen atoms in total. The molecule has 0 fully saturated rings. The second kappa shape index (κ2) is 3.62. The number of thiol groups is 1. The van der Waals surface area contributed by atoms with Crippen molar-refractivity contribution in [2.75, 3.05) is 0 Å². The van der Waals surface area contributed by atoms with Crippen molar-refractivity contribution in [3.8, 4) is 0 Å². The van der Waals surface area contributed by atoms with Gasteiger partial charge in [0.2, 0.25) is 0 Å². The zero-order valence-electron chi connectivity index (χ0n) is 6.94. The van der Waals surface area contributed by atoms with Gasteiger partial charge >= 0.3 is 5.97 Å². The minimum atomic E-state index is -1.08. The van der Waals surface area contributed by atoms with E-state index in [4.69, 9.17) is 5.11 Å². The minimum absolute atomic E-state index is 0.0519. The summed E-state index contributed by atoms with van der Waals surface area (Å²) in [5, 5.41) is 8.71. The first kappa shape index (κ1) is 9.80. The lowest BCUT2D eigenvalue weighted by atomic mass is 10.1. The number of carboxylic acid groups (broad SMARTS) is 1. The van der Waals surface area contributed by atoms with Crippen molar-refractivity contribution < 1.29 is 14.7 Å². The molecule has 0 heterocycles. The number of hydrogen-bond donors (Lipinski definition) is 2. The van der Waals surface area contributed by atoms with E-state index in [0.29, 0.717) is 10.5 Å². The van der Waals surface area contributed by atoms with Crippen molar-refractivity contribution >= 4 is 24.4 Å². The van der Waals surface area contributed by atoms with Gasteiger partial charge in [0.25, 0.3) is 0 Å². The van der Waals surface area contributed by atoms with E-state index < -0.39 is 5.97 Å². The highest BCUT2D eigenvalue weighted by Gasteiger charge is 2.09. The Labute approximate surface area is 80.8 Å². The lowest BCUT2D eigenvalue weighted by Crippen LogP contribution is -2.01. The van der Waals surface area contributed by atoms with Gasteiger partial charge in [0, 0.05) is 10.5 Å². The van der Waals surface area contributed by atoms with Crippen LogP contribution in [0.4, 0.5) is 0 Å². The molecular weight excluding hydrogens is 188 g/mol. The second-order valence-electron chi connectivity index (χ2n) is 2.59. The number of carbonyl (C=O) groups excluding carboxylic acids is 1. The smallest absolute Gasteiger partial charge is 0.336 e. The summed E-state index contributed by atoms with van der Waals surface area (Å²) in [6, 6.07) is 4.38. The second-order valence-corrected chi connectivity index (χ2v) is 3.08. The van der Waals surface area contributed by atoms with E-state index in [9.17, 15) is 9.59 Å². The van der Waals surface area contributed by atoms with Crippen molar-refractivity contribution in [3.05, 3.63) is 29.3 Å². The average molecular weight is 196 g/mol. The fraction of sp³-hybridized carbons (Fsp3) is 0.111. The molecule has 0 aliphatic heterocycles. The third-order valence-electron chi connectivity index (χ3n) is 1.63. The van der Waals surface area contributed by atoms with Gasteiger partial charge in [0.1, 0.15) is 0 Å². The number of aromatic carboxylic acids is 1. The number of carboxylic acids is 1. The third kappa shape index (κ3) is 2.09.